The molecule has 7 heterocycles. The summed E-state index contributed by atoms with van der Waals surface area (Å²) >= 11 is 0. The number of halogens is 1. The van der Waals surface area contributed by atoms with Crippen molar-refractivity contribution in [1.82, 2.24) is 39.0 Å². The number of rotatable bonds is 2. The van der Waals surface area contributed by atoms with Crippen molar-refractivity contribution in [1.29, 1.82) is 0 Å². The van der Waals surface area contributed by atoms with Gasteiger partial charge in [-0.15, -0.1) is 0 Å². The third-order valence-corrected chi connectivity index (χ3v) is 10.2. The molecular weight excluding hydrogens is 607 g/mol. The highest BCUT2D eigenvalue weighted by molar-refractivity contribution is 7.53. The van der Waals surface area contributed by atoms with Crippen LogP contribution in [-0.2, 0) is 32.2 Å². The minimum Gasteiger partial charge on any atom is -0.382 e. The molecule has 0 spiro atoms. The third kappa shape index (κ3) is 4.55. The lowest BCUT2D eigenvalue weighted by Crippen LogP contribution is -2.34. The normalized spacial score (nSPS) is 37.5. The fraction of sp³-hybridized carbons (Fsp3) is 0.500. The van der Waals surface area contributed by atoms with Crippen molar-refractivity contribution < 1.29 is 46.4 Å². The second-order valence-electron chi connectivity index (χ2n) is 9.77. The number of hydrogen-bond donors (Lipinski definition) is 4. The number of phosphoric ester groups is 1. The molecule has 9 atom stereocenters. The number of aromatic amines is 1. The van der Waals surface area contributed by atoms with E-state index < -0.39 is 76.8 Å². The van der Waals surface area contributed by atoms with Crippen LogP contribution in [0.3, 0.4) is 0 Å². The minimum atomic E-state index is -4.99. The summed E-state index contributed by atoms with van der Waals surface area (Å²) in [6, 6.07) is 0. The Bertz CT molecular complexity index is 1830. The number of imidazole rings is 2. The fourth-order valence-corrected chi connectivity index (χ4v) is 7.85. The van der Waals surface area contributed by atoms with E-state index in [4.69, 9.17) is 28.8 Å². The number of nitrogens with one attached hydrogen (secondary N) is 1. The van der Waals surface area contributed by atoms with Crippen molar-refractivity contribution in [3.05, 3.63) is 35.7 Å². The number of nitrogens with two attached hydrogens (primary N) is 1. The van der Waals surface area contributed by atoms with E-state index in [1.807, 2.05) is 0 Å². The van der Waals surface area contributed by atoms with Gasteiger partial charge in [0.2, 0.25) is 0 Å². The summed E-state index contributed by atoms with van der Waals surface area (Å²) in [6.45, 7) is -1.38. The topological polar surface area (TPSA) is 254 Å². The predicted octanol–water partition coefficient (Wildman–Crippen LogP) is 0.151. The summed E-state index contributed by atoms with van der Waals surface area (Å²) in [5.74, 6) is 0.117. The summed E-state index contributed by atoms with van der Waals surface area (Å²) in [7, 11) is -9.56. The Labute approximate surface area is 232 Å². The van der Waals surface area contributed by atoms with E-state index in [1.165, 1.54) is 17.2 Å². The zero-order valence-electron chi connectivity index (χ0n) is 21.1. The maximum Gasteiger partial charge on any atom is 0.472 e. The quantitative estimate of drug-likeness (QED) is 0.215. The van der Waals surface area contributed by atoms with Crippen molar-refractivity contribution >= 4 is 43.6 Å². The SMILES string of the molecule is Nc1ncnc2c1ncn2C1C[C@H]2C(COP(=O)(O)O[C@@H]3C(COP2(=O)O)OC(n2cnc4c(=O)[nH]cnc42)[C@@H]3F)O1. The smallest absolute Gasteiger partial charge is 0.382 e. The lowest BCUT2D eigenvalue weighted by atomic mass is 10.1. The van der Waals surface area contributed by atoms with Crippen molar-refractivity contribution in [3.63, 3.8) is 0 Å². The molecule has 0 bridgehead atoms. The molecule has 4 aromatic heterocycles. The van der Waals surface area contributed by atoms with E-state index in [1.54, 1.807) is 0 Å². The van der Waals surface area contributed by atoms with Gasteiger partial charge in [0.25, 0.3) is 5.56 Å². The van der Waals surface area contributed by atoms with Gasteiger partial charge in [-0.25, -0.2) is 33.9 Å². The maximum absolute atomic E-state index is 15.8. The maximum atomic E-state index is 15.8. The highest BCUT2D eigenvalue weighted by atomic mass is 31.2. The van der Waals surface area contributed by atoms with Gasteiger partial charge in [0.1, 0.15) is 30.3 Å². The predicted molar refractivity (Wildman–Crippen MR) is 135 cm³/mol. The van der Waals surface area contributed by atoms with Crippen LogP contribution in [0.1, 0.15) is 18.9 Å². The van der Waals surface area contributed by atoms with E-state index in [2.05, 4.69) is 29.9 Å². The molecule has 0 saturated carbocycles. The first-order valence-corrected chi connectivity index (χ1v) is 15.6. The van der Waals surface area contributed by atoms with Crippen LogP contribution in [0.2, 0.25) is 0 Å². The van der Waals surface area contributed by atoms with Crippen LogP contribution in [0.4, 0.5) is 10.2 Å². The van der Waals surface area contributed by atoms with Crippen LogP contribution in [0.25, 0.3) is 22.3 Å². The molecule has 3 saturated heterocycles. The number of hydrogen-bond acceptors (Lipinski definition) is 14. The largest absolute Gasteiger partial charge is 0.472 e. The molecule has 42 heavy (non-hydrogen) atoms. The summed E-state index contributed by atoms with van der Waals surface area (Å²) in [6.07, 6.45) is -4.37. The molecule has 3 aliphatic rings. The van der Waals surface area contributed by atoms with Crippen molar-refractivity contribution in [2.45, 2.75) is 49.0 Å². The summed E-state index contributed by atoms with van der Waals surface area (Å²) in [5.41, 5.74) is 4.47. The number of phosphoric acid groups is 1. The number of anilines is 1. The molecule has 7 rings (SSSR count). The van der Waals surface area contributed by atoms with Gasteiger partial charge < -0.3 is 34.5 Å². The van der Waals surface area contributed by atoms with E-state index in [0.29, 0.717) is 5.65 Å². The van der Waals surface area contributed by atoms with Crippen molar-refractivity contribution in [3.8, 4) is 0 Å². The highest BCUT2D eigenvalue weighted by Crippen LogP contribution is 2.58. The number of aromatic nitrogens is 8. The molecule has 5 N–H and O–H groups in total. The van der Waals surface area contributed by atoms with E-state index in [0.717, 1.165) is 17.2 Å². The van der Waals surface area contributed by atoms with Gasteiger partial charge in [-0.3, -0.25) is 27.5 Å². The third-order valence-electron chi connectivity index (χ3n) is 7.31. The van der Waals surface area contributed by atoms with Gasteiger partial charge in [-0.05, 0) is 0 Å². The molecule has 0 aromatic carbocycles. The van der Waals surface area contributed by atoms with Crippen LogP contribution >= 0.6 is 15.4 Å². The van der Waals surface area contributed by atoms with Gasteiger partial charge in [0, 0.05) is 6.42 Å². The van der Waals surface area contributed by atoms with Gasteiger partial charge in [-0.2, -0.15) is 0 Å². The number of nitrogen functional groups attached to an aromatic ring is 1. The Kier molecular flexibility index (Phi) is 6.54. The second-order valence-corrected chi connectivity index (χ2v) is 13.2. The summed E-state index contributed by atoms with van der Waals surface area (Å²) < 4.78 is 72.2. The van der Waals surface area contributed by atoms with E-state index in [9.17, 15) is 23.7 Å². The van der Waals surface area contributed by atoms with Gasteiger partial charge in [0.15, 0.2) is 35.0 Å². The van der Waals surface area contributed by atoms with Crippen molar-refractivity contribution in [2.75, 3.05) is 18.9 Å². The fourth-order valence-electron chi connectivity index (χ4n) is 5.32. The molecule has 0 amide bonds. The number of alkyl halides is 1. The Balaban J connectivity index is 1.18. The average Bonchev–Trinajstić information content (AvgIpc) is 3.72. The molecule has 3 aliphatic heterocycles. The van der Waals surface area contributed by atoms with Crippen molar-refractivity contribution in [2.24, 2.45) is 0 Å². The van der Waals surface area contributed by atoms with E-state index >= 15 is 4.39 Å². The van der Waals surface area contributed by atoms with Crippen LogP contribution in [0.5, 0.6) is 0 Å². The average molecular weight is 629 g/mol. The van der Waals surface area contributed by atoms with Gasteiger partial charge in [0.05, 0.1) is 44.0 Å². The number of ether oxygens (including phenoxy) is 2. The Morgan fingerprint density at radius 1 is 0.976 bits per heavy atom. The second kappa shape index (κ2) is 9.94. The Hall–Kier alpha value is -3.19. The Morgan fingerprint density at radius 2 is 1.71 bits per heavy atom. The lowest BCUT2D eigenvalue weighted by Gasteiger charge is -2.23. The molecule has 0 radical (unpaired) electrons. The molecular formula is C20H22FN9O10P2. The minimum absolute atomic E-state index is 0.0277. The molecule has 19 nitrogen and oxygen atoms in total. The zero-order chi connectivity index (χ0) is 29.4. The number of nitrogens with zero attached hydrogens (tertiary/aromatic N) is 7. The van der Waals surface area contributed by atoms with Crippen LogP contribution in [0, 0.1) is 0 Å². The highest BCUT2D eigenvalue weighted by Gasteiger charge is 2.54. The summed E-state index contributed by atoms with van der Waals surface area (Å²) in [5, 5.41) is 0. The zero-order valence-corrected chi connectivity index (χ0v) is 22.9. The molecule has 224 valence electrons. The van der Waals surface area contributed by atoms with Gasteiger partial charge in [-0.1, -0.05) is 0 Å². The summed E-state index contributed by atoms with van der Waals surface area (Å²) in [4.78, 5) is 56.0. The van der Waals surface area contributed by atoms with E-state index in [-0.39, 0.29) is 28.9 Å². The first-order chi connectivity index (χ1) is 20.0. The molecule has 4 aromatic rings. The monoisotopic (exact) mass is 629 g/mol. The van der Waals surface area contributed by atoms with Crippen LogP contribution in [0.15, 0.2) is 30.1 Å². The first kappa shape index (κ1) is 27.6. The van der Waals surface area contributed by atoms with Crippen LogP contribution in [-0.4, -0.2) is 92.2 Å². The standard InChI is InChI=1S/C20H22FN9O10P2/c21-12-15-9(39-20(12)30-7-28-14-18(30)25-5-26-19(14)31)3-36-41(32,33)10-1-11(38-8(10)2-37-42(34,35)40-15)29-6-27-13-16(22)23-4-24-17(13)29/h4-12,15,20H,1-3H2,(H,32,33)(H,34,35)(H2,22,23,24)(H,25,26,31)/t8?,9?,10-,11?,12+,15+,20?/m0/s1. The van der Waals surface area contributed by atoms with Crippen LogP contribution < -0.4 is 11.3 Å². The lowest BCUT2D eigenvalue weighted by molar-refractivity contribution is -0.0435. The molecule has 6 unspecified atom stereocenters. The molecule has 22 heteroatoms. The number of fused-ring (bicyclic) bond motifs is 4. The molecule has 0 aliphatic carbocycles. The number of H-pyrrole nitrogens is 1. The first-order valence-electron chi connectivity index (χ1n) is 12.4. The Morgan fingerprint density at radius 3 is 2.55 bits per heavy atom. The van der Waals surface area contributed by atoms with Gasteiger partial charge >= 0.3 is 15.4 Å². The molecule has 3 fully saturated rings.